The van der Waals surface area contributed by atoms with E-state index in [1.54, 1.807) is 21.1 Å². The Morgan fingerprint density at radius 3 is 1.42 bits per heavy atom. The molecular formula is C30H26N8. The predicted octanol–water partition coefficient (Wildman–Crippen LogP) is 4.21. The number of aliphatic imine (C=N–C) groups is 1. The Morgan fingerprint density at radius 2 is 1.00 bits per heavy atom. The van der Waals surface area contributed by atoms with Crippen molar-refractivity contribution < 1.29 is 0 Å². The van der Waals surface area contributed by atoms with Gasteiger partial charge in [-0.15, -0.1) is 0 Å². The van der Waals surface area contributed by atoms with Gasteiger partial charge < -0.3 is 16.0 Å². The monoisotopic (exact) mass is 498 g/mol. The van der Waals surface area contributed by atoms with E-state index in [1.165, 1.54) is 0 Å². The molecule has 8 nitrogen and oxygen atoms in total. The molecule has 0 saturated heterocycles. The molecule has 6 aromatic rings. The van der Waals surface area contributed by atoms with Gasteiger partial charge in [0.1, 0.15) is 17.5 Å². The number of hydrogen-bond donors (Lipinski definition) is 3. The van der Waals surface area contributed by atoms with Gasteiger partial charge >= 0.3 is 0 Å². The van der Waals surface area contributed by atoms with Crippen LogP contribution in [-0.2, 0) is 0 Å². The normalized spacial score (nSPS) is 15.6. The molecule has 0 spiro atoms. The first kappa shape index (κ1) is 22.4. The summed E-state index contributed by atoms with van der Waals surface area (Å²) in [5.74, 6) is 2.48. The second-order valence-corrected chi connectivity index (χ2v) is 9.52. The molecule has 0 bridgehead atoms. The minimum Gasteiger partial charge on any atom is -0.373 e. The average molecular weight is 499 g/mol. The summed E-state index contributed by atoms with van der Waals surface area (Å²) in [4.78, 5) is 22.9. The molecule has 4 aromatic carbocycles. The molecule has 7 rings (SSSR count). The Kier molecular flexibility index (Phi) is 4.60. The van der Waals surface area contributed by atoms with E-state index in [4.69, 9.17) is 9.97 Å². The van der Waals surface area contributed by atoms with Crippen LogP contribution in [-0.4, -0.2) is 51.0 Å². The van der Waals surface area contributed by atoms with Crippen LogP contribution in [0, 0.1) is 0 Å². The maximum Gasteiger partial charge on any atom is 0.157 e. The molecule has 2 aromatic heterocycles. The third-order valence-corrected chi connectivity index (χ3v) is 7.74. The van der Waals surface area contributed by atoms with Gasteiger partial charge in [0.05, 0.1) is 0 Å². The lowest BCUT2D eigenvalue weighted by molar-refractivity contribution is 1.17. The minimum absolute atomic E-state index is 0.730. The van der Waals surface area contributed by atoms with Gasteiger partial charge in [0.25, 0.3) is 0 Å². The number of anilines is 2. The first-order valence-electron chi connectivity index (χ1n) is 12.5. The van der Waals surface area contributed by atoms with Crippen LogP contribution in [0.5, 0.6) is 0 Å². The molecule has 0 fully saturated rings. The van der Waals surface area contributed by atoms with E-state index in [-0.39, 0.29) is 0 Å². The highest BCUT2D eigenvalue weighted by atomic mass is 15.0. The Balaban J connectivity index is 1.79. The summed E-state index contributed by atoms with van der Waals surface area (Å²) < 4.78 is 0. The smallest absolute Gasteiger partial charge is 0.157 e. The highest BCUT2D eigenvalue weighted by Gasteiger charge is 2.24. The molecule has 0 amide bonds. The lowest BCUT2D eigenvalue weighted by Crippen LogP contribution is -2.13. The van der Waals surface area contributed by atoms with Crippen LogP contribution in [0.15, 0.2) is 58.0 Å². The van der Waals surface area contributed by atoms with Gasteiger partial charge in [-0.1, -0.05) is 6.58 Å². The molecule has 0 atom stereocenters. The number of rotatable bonds is 2. The molecule has 186 valence electrons. The predicted molar refractivity (Wildman–Crippen MR) is 159 cm³/mol. The van der Waals surface area contributed by atoms with Crippen molar-refractivity contribution in [1.29, 1.82) is 0 Å². The quantitative estimate of drug-likeness (QED) is 0.311. The van der Waals surface area contributed by atoms with E-state index < -0.39 is 0 Å². The molecule has 8 heteroatoms. The van der Waals surface area contributed by atoms with Crippen LogP contribution in [0.25, 0.3) is 59.6 Å². The maximum atomic E-state index is 4.74. The van der Waals surface area contributed by atoms with Gasteiger partial charge in [-0.25, -0.2) is 9.97 Å². The van der Waals surface area contributed by atoms with Crippen LogP contribution in [0.1, 0.15) is 11.1 Å². The summed E-state index contributed by atoms with van der Waals surface area (Å²) in [6.45, 7) is 4.26. The summed E-state index contributed by atoms with van der Waals surface area (Å²) in [5, 5.41) is 20.8. The van der Waals surface area contributed by atoms with Crippen LogP contribution < -0.4 is 26.9 Å². The van der Waals surface area contributed by atoms with Gasteiger partial charge in [0, 0.05) is 73.6 Å². The lowest BCUT2D eigenvalue weighted by atomic mass is 9.89. The van der Waals surface area contributed by atoms with Gasteiger partial charge in [0.15, 0.2) is 11.0 Å². The van der Waals surface area contributed by atoms with Crippen LogP contribution in [0.2, 0.25) is 0 Å². The number of benzene rings is 4. The standard InChI is InChI=1S/C30H26N8/c1-13-14-7-15-16(8-21(14)26(31-2)36-13)18-10-23-25(30(35-6)38-28(23)33-4)12-20(18)19-11-24-22(9-17(15)19)27(32-3)37-29(24)34-5/h7-12H,1H2,2-6H3,(H,31,36)(H,32,34,37)(H,33,35,38). The topological polar surface area (TPSA) is 99.0 Å². The molecule has 0 saturated carbocycles. The summed E-state index contributed by atoms with van der Waals surface area (Å²) in [6, 6.07) is 13.4. The van der Waals surface area contributed by atoms with Gasteiger partial charge in [-0.2, -0.15) is 0 Å². The van der Waals surface area contributed by atoms with Crippen molar-refractivity contribution in [3.05, 3.63) is 65.1 Å². The second kappa shape index (κ2) is 7.82. The molecule has 1 aliphatic rings. The van der Waals surface area contributed by atoms with Crippen molar-refractivity contribution in [2.24, 2.45) is 15.0 Å². The number of nitrogens with zero attached hydrogens (tertiary/aromatic N) is 5. The Labute approximate surface area is 218 Å². The minimum atomic E-state index is 0.730. The van der Waals surface area contributed by atoms with Crippen molar-refractivity contribution in [3.8, 4) is 0 Å². The molecule has 1 aliphatic heterocycles. The maximum absolute atomic E-state index is 4.74. The molecule has 3 heterocycles. The van der Waals surface area contributed by atoms with E-state index in [0.717, 1.165) is 99.1 Å². The Hall–Kier alpha value is -4.85. The third kappa shape index (κ3) is 2.77. The zero-order valence-electron chi connectivity index (χ0n) is 21.9. The summed E-state index contributed by atoms with van der Waals surface area (Å²) in [6.07, 6.45) is 0. The fraction of sp³-hybridized carbons (Fsp3) is 0.167. The van der Waals surface area contributed by atoms with E-state index in [0.29, 0.717) is 0 Å². The largest absolute Gasteiger partial charge is 0.373 e. The van der Waals surface area contributed by atoms with Crippen LogP contribution >= 0.6 is 0 Å². The highest BCUT2D eigenvalue weighted by molar-refractivity contribution is 6.31. The number of nitrogens with one attached hydrogen (secondary N) is 3. The lowest BCUT2D eigenvalue weighted by Gasteiger charge is -2.13. The summed E-state index contributed by atoms with van der Waals surface area (Å²) in [7, 11) is 9.16. The first-order chi connectivity index (χ1) is 18.5. The van der Waals surface area contributed by atoms with Crippen molar-refractivity contribution in [3.63, 3.8) is 0 Å². The molecule has 0 aliphatic carbocycles. The van der Waals surface area contributed by atoms with Gasteiger partial charge in [-0.3, -0.25) is 15.0 Å². The van der Waals surface area contributed by atoms with Gasteiger partial charge in [-0.05, 0) is 68.7 Å². The van der Waals surface area contributed by atoms with Crippen molar-refractivity contribution in [2.45, 2.75) is 0 Å². The molecule has 0 unspecified atom stereocenters. The number of amidine groups is 1. The van der Waals surface area contributed by atoms with E-state index in [1.807, 2.05) is 14.1 Å². The first-order valence-corrected chi connectivity index (χ1v) is 12.5. The highest BCUT2D eigenvalue weighted by Crippen LogP contribution is 2.42. The van der Waals surface area contributed by atoms with Gasteiger partial charge in [0.2, 0.25) is 0 Å². The van der Waals surface area contributed by atoms with Crippen LogP contribution in [0.3, 0.4) is 0 Å². The molecular weight excluding hydrogens is 472 g/mol. The Bertz CT molecular complexity index is 2180. The molecule has 38 heavy (non-hydrogen) atoms. The second-order valence-electron chi connectivity index (χ2n) is 9.52. The zero-order valence-corrected chi connectivity index (χ0v) is 21.9. The number of hydrogen-bond acceptors (Lipinski definition) is 7. The molecule has 3 N–H and O–H groups in total. The number of aromatic nitrogens is 2. The number of fused-ring (bicyclic) bond motifs is 9. The van der Waals surface area contributed by atoms with Crippen LogP contribution in [0.4, 0.5) is 11.6 Å². The van der Waals surface area contributed by atoms with E-state index >= 15 is 0 Å². The zero-order chi connectivity index (χ0) is 26.3. The van der Waals surface area contributed by atoms with Crippen molar-refractivity contribution in [2.75, 3.05) is 45.9 Å². The summed E-state index contributed by atoms with van der Waals surface area (Å²) in [5.41, 5.74) is 4.44. The fourth-order valence-corrected chi connectivity index (χ4v) is 5.97. The third-order valence-electron chi connectivity index (χ3n) is 7.74. The fourth-order valence-electron chi connectivity index (χ4n) is 5.97. The van der Waals surface area contributed by atoms with Crippen molar-refractivity contribution in [1.82, 2.24) is 15.3 Å². The van der Waals surface area contributed by atoms with E-state index in [2.05, 4.69) is 73.9 Å². The van der Waals surface area contributed by atoms with Crippen molar-refractivity contribution >= 4 is 77.0 Å². The molecule has 0 radical (unpaired) electrons. The average Bonchev–Trinajstić information content (AvgIpc) is 3.60. The summed E-state index contributed by atoms with van der Waals surface area (Å²) >= 11 is 0. The Morgan fingerprint density at radius 1 is 0.579 bits per heavy atom. The van der Waals surface area contributed by atoms with E-state index in [9.17, 15) is 0 Å². The SMILES string of the molecule is C=C1NC(=NC)c2cc3c(cc21)c1cc2c(=NC)nc(NC)c2cc1c1cc2c(NC)nc(=NC)c2cc31.